The number of benzene rings is 1. The Morgan fingerprint density at radius 3 is 2.58 bits per heavy atom. The van der Waals surface area contributed by atoms with E-state index in [4.69, 9.17) is 0 Å². The fourth-order valence-electron chi connectivity index (χ4n) is 1.36. The van der Waals surface area contributed by atoms with E-state index in [-0.39, 0.29) is 0 Å². The molecule has 1 heteroatoms. The molecule has 1 unspecified atom stereocenters. The van der Waals surface area contributed by atoms with Crippen LogP contribution in [0.15, 0.2) is 24.3 Å². The second kappa shape index (κ2) is 4.46. The third-order valence-corrected chi connectivity index (χ3v) is 3.50. The Hall–Kier alpha value is -0.563. The van der Waals surface area contributed by atoms with E-state index in [1.807, 2.05) is 0 Å². The van der Waals surface area contributed by atoms with Gasteiger partial charge in [0, 0.05) is 10.2 Å². The third kappa shape index (κ3) is 2.49. The molecule has 1 rings (SSSR count). The summed E-state index contributed by atoms with van der Waals surface area (Å²) in [5, 5.41) is 1.57. The van der Waals surface area contributed by atoms with Gasteiger partial charge in [0.1, 0.15) is 0 Å². The Labute approximate surface area is 78.4 Å². The monoisotopic (exact) mass is 178 g/mol. The standard InChI is InChI=1S/C11H18Si/c1-3-9(2)8-10-6-4-5-7-11(10)12/h4-7,9H,3,8H2,1-2,12H3. The normalized spacial score (nSPS) is 13.2. The molecule has 0 bridgehead atoms. The van der Waals surface area contributed by atoms with E-state index in [2.05, 4.69) is 38.1 Å². The average molecular weight is 178 g/mol. The van der Waals surface area contributed by atoms with Crippen molar-refractivity contribution in [1.82, 2.24) is 0 Å². The van der Waals surface area contributed by atoms with Crippen molar-refractivity contribution in [1.29, 1.82) is 0 Å². The van der Waals surface area contributed by atoms with Crippen molar-refractivity contribution in [3.05, 3.63) is 29.8 Å². The molecule has 0 aliphatic heterocycles. The van der Waals surface area contributed by atoms with Crippen LogP contribution in [0.2, 0.25) is 0 Å². The maximum atomic E-state index is 2.33. The molecule has 0 nitrogen and oxygen atoms in total. The van der Waals surface area contributed by atoms with Crippen molar-refractivity contribution in [3.8, 4) is 0 Å². The van der Waals surface area contributed by atoms with E-state index in [1.54, 1.807) is 10.8 Å². The molecule has 0 fully saturated rings. The summed E-state index contributed by atoms with van der Waals surface area (Å²) in [6, 6.07) is 8.82. The summed E-state index contributed by atoms with van der Waals surface area (Å²) >= 11 is 0. The molecule has 1 atom stereocenters. The van der Waals surface area contributed by atoms with E-state index in [1.165, 1.54) is 23.1 Å². The van der Waals surface area contributed by atoms with Crippen LogP contribution < -0.4 is 5.19 Å². The summed E-state index contributed by atoms with van der Waals surface area (Å²) in [6.45, 7) is 4.59. The van der Waals surface area contributed by atoms with E-state index >= 15 is 0 Å². The Balaban J connectivity index is 2.69. The van der Waals surface area contributed by atoms with Gasteiger partial charge in [0.25, 0.3) is 0 Å². The smallest absolute Gasteiger partial charge is 0.0388 e. The van der Waals surface area contributed by atoms with Crippen LogP contribution in [0.1, 0.15) is 25.8 Å². The summed E-state index contributed by atoms with van der Waals surface area (Å²) < 4.78 is 0. The Morgan fingerprint density at radius 2 is 2.00 bits per heavy atom. The zero-order chi connectivity index (χ0) is 8.97. The lowest BCUT2D eigenvalue weighted by Crippen LogP contribution is -2.12. The molecule has 0 saturated carbocycles. The van der Waals surface area contributed by atoms with Crippen LogP contribution in [0, 0.1) is 5.92 Å². The highest BCUT2D eigenvalue weighted by Gasteiger charge is 2.02. The first-order valence-corrected chi connectivity index (χ1v) is 5.78. The summed E-state index contributed by atoms with van der Waals surface area (Å²) in [5.41, 5.74) is 1.57. The zero-order valence-corrected chi connectivity index (χ0v) is 10.3. The summed E-state index contributed by atoms with van der Waals surface area (Å²) in [5.74, 6) is 0.833. The van der Waals surface area contributed by atoms with Gasteiger partial charge >= 0.3 is 0 Å². The molecular formula is C11H18Si. The van der Waals surface area contributed by atoms with Crippen LogP contribution >= 0.6 is 0 Å². The molecule has 0 aliphatic rings. The second-order valence-corrected chi connectivity index (χ2v) is 4.72. The molecule has 0 aromatic heterocycles. The van der Waals surface area contributed by atoms with Crippen LogP contribution in [0.5, 0.6) is 0 Å². The summed E-state index contributed by atoms with van der Waals surface area (Å²) in [4.78, 5) is 0. The number of rotatable bonds is 3. The lowest BCUT2D eigenvalue weighted by Gasteiger charge is -2.10. The van der Waals surface area contributed by atoms with Crippen molar-refractivity contribution in [2.75, 3.05) is 0 Å². The molecule has 1 aromatic carbocycles. The van der Waals surface area contributed by atoms with Crippen molar-refractivity contribution in [2.24, 2.45) is 5.92 Å². The third-order valence-electron chi connectivity index (χ3n) is 2.53. The quantitative estimate of drug-likeness (QED) is 0.612. The van der Waals surface area contributed by atoms with Gasteiger partial charge in [-0.2, -0.15) is 0 Å². The molecule has 66 valence electrons. The second-order valence-electron chi connectivity index (χ2n) is 3.64. The van der Waals surface area contributed by atoms with Crippen LogP contribution in [0.25, 0.3) is 0 Å². The van der Waals surface area contributed by atoms with Gasteiger partial charge in [-0.25, -0.2) is 0 Å². The Bertz CT molecular complexity index is 243. The first-order valence-electron chi connectivity index (χ1n) is 4.78. The minimum atomic E-state index is 0.833. The van der Waals surface area contributed by atoms with E-state index in [9.17, 15) is 0 Å². The van der Waals surface area contributed by atoms with Crippen LogP contribution in [-0.2, 0) is 6.42 Å². The van der Waals surface area contributed by atoms with Crippen LogP contribution in [0.3, 0.4) is 0 Å². The van der Waals surface area contributed by atoms with Crippen molar-refractivity contribution >= 4 is 15.4 Å². The summed E-state index contributed by atoms with van der Waals surface area (Å²) in [6.07, 6.45) is 2.55. The Morgan fingerprint density at radius 1 is 1.33 bits per heavy atom. The van der Waals surface area contributed by atoms with E-state index in [0.29, 0.717) is 0 Å². The molecule has 0 amide bonds. The lowest BCUT2D eigenvalue weighted by molar-refractivity contribution is 0.561. The van der Waals surface area contributed by atoms with Gasteiger partial charge in [-0.15, -0.1) is 0 Å². The minimum Gasteiger partial charge on any atom is -0.0676 e. The summed E-state index contributed by atoms with van der Waals surface area (Å²) in [7, 11) is 1.18. The van der Waals surface area contributed by atoms with Gasteiger partial charge in [0.15, 0.2) is 0 Å². The first-order chi connectivity index (χ1) is 5.74. The highest BCUT2D eigenvalue weighted by Crippen LogP contribution is 2.08. The van der Waals surface area contributed by atoms with Gasteiger partial charge in [-0.1, -0.05) is 49.7 Å². The number of hydrogen-bond donors (Lipinski definition) is 0. The van der Waals surface area contributed by atoms with E-state index in [0.717, 1.165) is 5.92 Å². The van der Waals surface area contributed by atoms with Gasteiger partial charge in [-0.3, -0.25) is 0 Å². The van der Waals surface area contributed by atoms with Gasteiger partial charge in [0.2, 0.25) is 0 Å². The maximum absolute atomic E-state index is 2.33. The first kappa shape index (κ1) is 9.52. The molecule has 1 aromatic rings. The Kier molecular flexibility index (Phi) is 3.54. The molecule has 0 heterocycles. The molecule has 0 radical (unpaired) electrons. The lowest BCUT2D eigenvalue weighted by atomic mass is 9.99. The predicted octanol–water partition coefficient (Wildman–Crippen LogP) is 1.27. The van der Waals surface area contributed by atoms with Crippen molar-refractivity contribution < 1.29 is 0 Å². The van der Waals surface area contributed by atoms with Gasteiger partial charge < -0.3 is 0 Å². The number of hydrogen-bond acceptors (Lipinski definition) is 0. The fraction of sp³-hybridized carbons (Fsp3) is 0.455. The largest absolute Gasteiger partial charge is 0.0676 e. The SMILES string of the molecule is CCC(C)Cc1ccccc1[SiH3]. The minimum absolute atomic E-state index is 0.833. The van der Waals surface area contributed by atoms with Gasteiger partial charge in [-0.05, 0) is 17.9 Å². The predicted molar refractivity (Wildman–Crippen MR) is 59.2 cm³/mol. The fourth-order valence-corrected chi connectivity index (χ4v) is 1.92. The molecule has 0 aliphatic carbocycles. The maximum Gasteiger partial charge on any atom is 0.0388 e. The highest BCUT2D eigenvalue weighted by atomic mass is 28.1. The van der Waals surface area contributed by atoms with Crippen LogP contribution in [0.4, 0.5) is 0 Å². The molecule has 0 saturated heterocycles. The highest BCUT2D eigenvalue weighted by molar-refractivity contribution is 6.33. The molecule has 0 spiro atoms. The van der Waals surface area contributed by atoms with E-state index < -0.39 is 0 Å². The van der Waals surface area contributed by atoms with Crippen LogP contribution in [-0.4, -0.2) is 10.2 Å². The average Bonchev–Trinajstić information content (AvgIpc) is 2.09. The van der Waals surface area contributed by atoms with Crippen molar-refractivity contribution in [3.63, 3.8) is 0 Å². The molecule has 0 N–H and O–H groups in total. The molecule has 12 heavy (non-hydrogen) atoms. The topological polar surface area (TPSA) is 0 Å². The van der Waals surface area contributed by atoms with Crippen molar-refractivity contribution in [2.45, 2.75) is 26.7 Å². The zero-order valence-electron chi connectivity index (χ0n) is 8.30. The molecular weight excluding hydrogens is 160 g/mol. The van der Waals surface area contributed by atoms with Gasteiger partial charge in [0.05, 0.1) is 0 Å².